The van der Waals surface area contributed by atoms with E-state index in [1.807, 2.05) is 12.1 Å². The van der Waals surface area contributed by atoms with Crippen LogP contribution in [-0.4, -0.2) is 60.1 Å². The molecule has 34 heavy (non-hydrogen) atoms. The van der Waals surface area contributed by atoms with Crippen molar-refractivity contribution in [2.24, 2.45) is 0 Å². The third-order valence-electron chi connectivity index (χ3n) is 5.88. The molecule has 0 unspecified atom stereocenters. The van der Waals surface area contributed by atoms with Crippen LogP contribution in [-0.2, 0) is 13.2 Å². The number of rotatable bonds is 8. The summed E-state index contributed by atoms with van der Waals surface area (Å²) in [6.07, 6.45) is 2.92. The number of nitrogens with zero attached hydrogens (tertiary/aromatic N) is 4. The Morgan fingerprint density at radius 1 is 1.00 bits per heavy atom. The van der Waals surface area contributed by atoms with Crippen LogP contribution in [0.15, 0.2) is 42.7 Å². The van der Waals surface area contributed by atoms with Gasteiger partial charge in [-0.1, -0.05) is 12.1 Å². The molecular formula is C25H29F2N5O2. The summed E-state index contributed by atoms with van der Waals surface area (Å²) in [6, 6.07) is 9.50. The number of likely N-dealkylation sites (N-methyl/N-ethyl adjacent to an activating group) is 1. The average Bonchev–Trinajstić information content (AvgIpc) is 2.85. The largest absolute Gasteiger partial charge is 0.494 e. The minimum atomic E-state index is -0.777. The number of hydrogen-bond donors (Lipinski definition) is 1. The van der Waals surface area contributed by atoms with Crippen LogP contribution >= 0.6 is 0 Å². The van der Waals surface area contributed by atoms with Crippen molar-refractivity contribution in [3.63, 3.8) is 0 Å². The van der Waals surface area contributed by atoms with E-state index in [2.05, 4.69) is 44.3 Å². The highest BCUT2D eigenvalue weighted by Gasteiger charge is 2.18. The molecule has 9 heteroatoms. The molecule has 180 valence electrons. The molecule has 7 nitrogen and oxygen atoms in total. The number of nitrogens with one attached hydrogen (secondary N) is 1. The number of anilines is 2. The van der Waals surface area contributed by atoms with Crippen LogP contribution in [0.4, 0.5) is 20.4 Å². The molecular weight excluding hydrogens is 440 g/mol. The number of halogens is 2. The molecule has 0 saturated carbocycles. The normalized spacial score (nSPS) is 14.7. The summed E-state index contributed by atoms with van der Waals surface area (Å²) in [5.41, 5.74) is 2.21. The molecule has 2 heterocycles. The lowest BCUT2D eigenvalue weighted by Crippen LogP contribution is -2.43. The Labute approximate surface area is 198 Å². The number of aromatic nitrogens is 2. The van der Waals surface area contributed by atoms with Gasteiger partial charge in [0.1, 0.15) is 12.4 Å². The molecule has 0 bridgehead atoms. The van der Waals surface area contributed by atoms with Gasteiger partial charge in [-0.15, -0.1) is 0 Å². The predicted octanol–water partition coefficient (Wildman–Crippen LogP) is 4.14. The Balaban J connectivity index is 1.32. The molecule has 3 aromatic rings. The quantitative estimate of drug-likeness (QED) is 0.532. The van der Waals surface area contributed by atoms with Crippen molar-refractivity contribution in [1.82, 2.24) is 19.8 Å². The van der Waals surface area contributed by atoms with Gasteiger partial charge in [-0.2, -0.15) is 0 Å². The maximum atomic E-state index is 14.4. The van der Waals surface area contributed by atoms with E-state index in [4.69, 9.17) is 9.47 Å². The molecule has 2 aromatic carbocycles. The Morgan fingerprint density at radius 3 is 2.32 bits per heavy atom. The fourth-order valence-corrected chi connectivity index (χ4v) is 3.78. The molecule has 4 rings (SSSR count). The van der Waals surface area contributed by atoms with Crippen LogP contribution in [0.5, 0.6) is 11.5 Å². The van der Waals surface area contributed by atoms with Crippen LogP contribution in [0.25, 0.3) is 0 Å². The summed E-state index contributed by atoms with van der Waals surface area (Å²) in [5.74, 6) is -0.765. The number of aryl methyl sites for hydroxylation is 1. The number of methoxy groups -OCH3 is 1. The first kappa shape index (κ1) is 23.8. The first-order chi connectivity index (χ1) is 16.4. The fourth-order valence-electron chi connectivity index (χ4n) is 3.78. The molecule has 1 aromatic heterocycles. The summed E-state index contributed by atoms with van der Waals surface area (Å²) in [4.78, 5) is 13.3. The van der Waals surface area contributed by atoms with Crippen LogP contribution < -0.4 is 14.8 Å². The number of hydrogen-bond acceptors (Lipinski definition) is 7. The number of benzene rings is 2. The molecule has 1 fully saturated rings. The average molecular weight is 470 g/mol. The highest BCUT2D eigenvalue weighted by Crippen LogP contribution is 2.27. The molecule has 0 radical (unpaired) electrons. The van der Waals surface area contributed by atoms with Gasteiger partial charge in [-0.3, -0.25) is 4.90 Å². The van der Waals surface area contributed by atoms with Crippen molar-refractivity contribution in [2.75, 3.05) is 45.7 Å². The van der Waals surface area contributed by atoms with Crippen molar-refractivity contribution < 1.29 is 18.3 Å². The van der Waals surface area contributed by atoms with Crippen LogP contribution in [0.1, 0.15) is 16.7 Å². The van der Waals surface area contributed by atoms with E-state index >= 15 is 0 Å². The monoisotopic (exact) mass is 469 g/mol. The van der Waals surface area contributed by atoms with E-state index < -0.39 is 11.6 Å². The third kappa shape index (κ3) is 5.78. The van der Waals surface area contributed by atoms with E-state index in [0.29, 0.717) is 11.7 Å². The van der Waals surface area contributed by atoms with Crippen LogP contribution in [0.3, 0.4) is 0 Å². The number of piperazine rings is 1. The van der Waals surface area contributed by atoms with E-state index in [0.717, 1.165) is 38.4 Å². The molecule has 1 aliphatic heterocycles. The SMILES string of the molecule is COc1cc(C)c(F)c(COc2cnc(Nc3ccc(CN4CCN(C)CC4)cc3)nc2)c1F. The minimum absolute atomic E-state index is 0.0251. The lowest BCUT2D eigenvalue weighted by atomic mass is 10.1. The highest BCUT2D eigenvalue weighted by molar-refractivity contribution is 5.53. The third-order valence-corrected chi connectivity index (χ3v) is 5.88. The second-order valence-electron chi connectivity index (χ2n) is 8.43. The van der Waals surface area contributed by atoms with Crippen molar-refractivity contribution in [2.45, 2.75) is 20.1 Å². The smallest absolute Gasteiger partial charge is 0.227 e. The maximum Gasteiger partial charge on any atom is 0.227 e. The first-order valence-electron chi connectivity index (χ1n) is 11.2. The summed E-state index contributed by atoms with van der Waals surface area (Å²) in [5, 5.41) is 3.15. The van der Waals surface area contributed by atoms with Crippen molar-refractivity contribution in [3.8, 4) is 11.5 Å². The van der Waals surface area contributed by atoms with Gasteiger partial charge in [0.2, 0.25) is 5.95 Å². The van der Waals surface area contributed by atoms with Crippen LogP contribution in [0, 0.1) is 18.6 Å². The van der Waals surface area contributed by atoms with E-state index in [-0.39, 0.29) is 23.5 Å². The van der Waals surface area contributed by atoms with Gasteiger partial charge in [0, 0.05) is 38.4 Å². The maximum absolute atomic E-state index is 14.4. The minimum Gasteiger partial charge on any atom is -0.494 e. The standard InChI is InChI=1S/C25H29F2N5O2/c1-17-12-22(33-3)24(27)21(23(17)26)16-34-20-13-28-25(29-14-20)30-19-6-4-18(5-7-19)15-32-10-8-31(2)9-11-32/h4-7,12-14H,8-11,15-16H2,1-3H3,(H,28,29,30). The molecule has 0 amide bonds. The lowest BCUT2D eigenvalue weighted by Gasteiger charge is -2.32. The van der Waals surface area contributed by atoms with E-state index in [1.165, 1.54) is 31.1 Å². The second kappa shape index (κ2) is 10.8. The Hall–Kier alpha value is -3.30. The molecule has 1 N–H and O–H groups in total. The summed E-state index contributed by atoms with van der Waals surface area (Å²) >= 11 is 0. The second-order valence-corrected chi connectivity index (χ2v) is 8.43. The number of ether oxygens (including phenoxy) is 2. The van der Waals surface area contributed by atoms with Crippen molar-refractivity contribution >= 4 is 11.6 Å². The molecule has 0 spiro atoms. The van der Waals surface area contributed by atoms with E-state index in [1.54, 1.807) is 6.92 Å². The molecule has 1 saturated heterocycles. The molecule has 0 aliphatic carbocycles. The summed E-state index contributed by atoms with van der Waals surface area (Å²) in [7, 11) is 3.49. The zero-order valence-corrected chi connectivity index (χ0v) is 19.6. The first-order valence-corrected chi connectivity index (χ1v) is 11.2. The van der Waals surface area contributed by atoms with Gasteiger partial charge in [-0.25, -0.2) is 18.7 Å². The van der Waals surface area contributed by atoms with Gasteiger partial charge >= 0.3 is 0 Å². The topological polar surface area (TPSA) is 62.8 Å². The lowest BCUT2D eigenvalue weighted by molar-refractivity contribution is 0.148. The molecule has 0 atom stereocenters. The summed E-state index contributed by atoms with van der Waals surface area (Å²) < 4.78 is 39.2. The van der Waals surface area contributed by atoms with Crippen LogP contribution in [0.2, 0.25) is 0 Å². The zero-order chi connectivity index (χ0) is 24.1. The zero-order valence-electron chi connectivity index (χ0n) is 19.6. The summed E-state index contributed by atoms with van der Waals surface area (Å²) in [6.45, 7) is 6.53. The highest BCUT2D eigenvalue weighted by atomic mass is 19.1. The van der Waals surface area contributed by atoms with Crippen molar-refractivity contribution in [3.05, 3.63) is 71.1 Å². The Bertz CT molecular complexity index is 1100. The Kier molecular flexibility index (Phi) is 7.54. The van der Waals surface area contributed by atoms with Gasteiger partial charge in [-0.05, 0) is 43.3 Å². The van der Waals surface area contributed by atoms with Gasteiger partial charge < -0.3 is 19.7 Å². The van der Waals surface area contributed by atoms with Crippen molar-refractivity contribution in [1.29, 1.82) is 0 Å². The van der Waals surface area contributed by atoms with E-state index in [9.17, 15) is 8.78 Å². The van der Waals surface area contributed by atoms with Gasteiger partial charge in [0.25, 0.3) is 0 Å². The van der Waals surface area contributed by atoms with Gasteiger partial charge in [0.15, 0.2) is 17.3 Å². The Morgan fingerprint density at radius 2 is 1.68 bits per heavy atom. The fraction of sp³-hybridized carbons (Fsp3) is 0.360. The predicted molar refractivity (Wildman–Crippen MR) is 127 cm³/mol. The molecule has 1 aliphatic rings. The van der Waals surface area contributed by atoms with Gasteiger partial charge in [0.05, 0.1) is 25.1 Å².